The van der Waals surface area contributed by atoms with Crippen LogP contribution < -0.4 is 0 Å². The van der Waals surface area contributed by atoms with E-state index in [0.717, 1.165) is 30.2 Å². The molecule has 1 aromatic rings. The van der Waals surface area contributed by atoms with E-state index in [1.807, 2.05) is 18.7 Å². The summed E-state index contributed by atoms with van der Waals surface area (Å²) in [4.78, 5) is 18.2. The van der Waals surface area contributed by atoms with E-state index in [1.165, 1.54) is 0 Å². The smallest absolute Gasteiger partial charge is 0.222 e. The van der Waals surface area contributed by atoms with Crippen molar-refractivity contribution in [3.63, 3.8) is 0 Å². The number of hydrogen-bond donors (Lipinski definition) is 0. The molecule has 0 spiro atoms. The predicted molar refractivity (Wildman–Crippen MR) is 72.5 cm³/mol. The Morgan fingerprint density at radius 1 is 1.41 bits per heavy atom. The Kier molecular flexibility index (Phi) is 5.62. The molecule has 0 aliphatic heterocycles. The van der Waals surface area contributed by atoms with Crippen molar-refractivity contribution in [2.75, 3.05) is 13.1 Å². The maximum absolute atomic E-state index is 11.8. The molecule has 3 nitrogen and oxygen atoms in total. The zero-order valence-electron chi connectivity index (χ0n) is 11.2. The summed E-state index contributed by atoms with van der Waals surface area (Å²) in [6.07, 6.45) is 1.35. The highest BCUT2D eigenvalue weighted by molar-refractivity contribution is 7.09. The number of aryl methyl sites for hydroxylation is 1. The number of amides is 1. The number of hydrogen-bond acceptors (Lipinski definition) is 3. The standard InChI is InChI=1S/C13H22N2OS/c1-5-15(6-2)13(16)8-7-12-14-11(9-17-12)10(3)4/h9-10H,5-8H2,1-4H3. The Balaban J connectivity index is 2.47. The quantitative estimate of drug-likeness (QED) is 0.781. The van der Waals surface area contributed by atoms with E-state index in [2.05, 4.69) is 24.2 Å². The molecular formula is C13H22N2OS. The average molecular weight is 254 g/mol. The van der Waals surface area contributed by atoms with E-state index in [0.29, 0.717) is 12.3 Å². The summed E-state index contributed by atoms with van der Waals surface area (Å²) in [6.45, 7) is 9.90. The lowest BCUT2D eigenvalue weighted by Gasteiger charge is -2.17. The van der Waals surface area contributed by atoms with Crippen LogP contribution in [0.5, 0.6) is 0 Å². The van der Waals surface area contributed by atoms with Crippen LogP contribution >= 0.6 is 11.3 Å². The average Bonchev–Trinajstić information content (AvgIpc) is 2.76. The molecule has 0 saturated carbocycles. The van der Waals surface area contributed by atoms with E-state index in [9.17, 15) is 4.79 Å². The van der Waals surface area contributed by atoms with Crippen molar-refractivity contribution in [3.8, 4) is 0 Å². The first-order valence-electron chi connectivity index (χ1n) is 6.30. The van der Waals surface area contributed by atoms with Gasteiger partial charge in [-0.05, 0) is 19.8 Å². The van der Waals surface area contributed by atoms with Crippen molar-refractivity contribution in [1.82, 2.24) is 9.88 Å². The second-order valence-corrected chi connectivity index (χ2v) is 5.33. The number of aromatic nitrogens is 1. The highest BCUT2D eigenvalue weighted by Crippen LogP contribution is 2.18. The van der Waals surface area contributed by atoms with Crippen molar-refractivity contribution in [1.29, 1.82) is 0 Å². The van der Waals surface area contributed by atoms with Gasteiger partial charge < -0.3 is 4.90 Å². The molecule has 0 bridgehead atoms. The van der Waals surface area contributed by atoms with Crippen molar-refractivity contribution in [3.05, 3.63) is 16.1 Å². The summed E-state index contributed by atoms with van der Waals surface area (Å²) in [5.74, 6) is 0.704. The van der Waals surface area contributed by atoms with Gasteiger partial charge in [0.2, 0.25) is 5.91 Å². The van der Waals surface area contributed by atoms with E-state index in [-0.39, 0.29) is 5.91 Å². The molecule has 17 heavy (non-hydrogen) atoms. The zero-order chi connectivity index (χ0) is 12.8. The lowest BCUT2D eigenvalue weighted by atomic mass is 10.2. The molecule has 0 radical (unpaired) electrons. The van der Waals surface area contributed by atoms with Gasteiger partial charge in [0, 0.05) is 31.3 Å². The number of carbonyl (C=O) groups excluding carboxylic acids is 1. The van der Waals surface area contributed by atoms with Crippen LogP contribution in [0.4, 0.5) is 0 Å². The van der Waals surface area contributed by atoms with Crippen LogP contribution in [-0.4, -0.2) is 28.9 Å². The van der Waals surface area contributed by atoms with Gasteiger partial charge in [0.15, 0.2) is 0 Å². The molecule has 96 valence electrons. The van der Waals surface area contributed by atoms with E-state index < -0.39 is 0 Å². The highest BCUT2D eigenvalue weighted by atomic mass is 32.1. The first-order valence-corrected chi connectivity index (χ1v) is 7.18. The molecule has 1 heterocycles. The topological polar surface area (TPSA) is 33.2 Å². The molecular weight excluding hydrogens is 232 g/mol. The fraction of sp³-hybridized carbons (Fsp3) is 0.692. The highest BCUT2D eigenvalue weighted by Gasteiger charge is 2.11. The fourth-order valence-corrected chi connectivity index (χ4v) is 2.61. The summed E-state index contributed by atoms with van der Waals surface area (Å²) in [5.41, 5.74) is 1.14. The van der Waals surface area contributed by atoms with Crippen molar-refractivity contribution in [2.45, 2.75) is 46.5 Å². The first-order chi connectivity index (χ1) is 8.08. The predicted octanol–water partition coefficient (Wildman–Crippen LogP) is 3.07. The number of thiazole rings is 1. The first kappa shape index (κ1) is 14.2. The Labute approximate surface area is 108 Å². The molecule has 0 unspecified atom stereocenters. The van der Waals surface area contributed by atoms with Crippen molar-refractivity contribution in [2.24, 2.45) is 0 Å². The zero-order valence-corrected chi connectivity index (χ0v) is 12.0. The summed E-state index contributed by atoms with van der Waals surface area (Å²) in [5, 5.41) is 3.18. The summed E-state index contributed by atoms with van der Waals surface area (Å²) < 4.78 is 0. The molecule has 0 aliphatic carbocycles. The normalized spacial score (nSPS) is 10.9. The number of rotatable bonds is 6. The van der Waals surface area contributed by atoms with Crippen LogP contribution in [0, 0.1) is 0 Å². The van der Waals surface area contributed by atoms with E-state index >= 15 is 0 Å². The Morgan fingerprint density at radius 2 is 2.06 bits per heavy atom. The third kappa shape index (κ3) is 4.11. The van der Waals surface area contributed by atoms with Gasteiger partial charge in [-0.3, -0.25) is 4.79 Å². The van der Waals surface area contributed by atoms with Gasteiger partial charge in [-0.25, -0.2) is 4.98 Å². The molecule has 1 rings (SSSR count). The van der Waals surface area contributed by atoms with E-state index in [4.69, 9.17) is 0 Å². The number of nitrogens with zero attached hydrogens (tertiary/aromatic N) is 2. The van der Waals surface area contributed by atoms with Gasteiger partial charge in [0.25, 0.3) is 0 Å². The van der Waals surface area contributed by atoms with Crippen molar-refractivity contribution >= 4 is 17.2 Å². The summed E-state index contributed by atoms with van der Waals surface area (Å²) in [6, 6.07) is 0. The second kappa shape index (κ2) is 6.74. The van der Waals surface area contributed by atoms with E-state index in [1.54, 1.807) is 11.3 Å². The fourth-order valence-electron chi connectivity index (χ4n) is 1.65. The molecule has 1 aromatic heterocycles. The van der Waals surface area contributed by atoms with Gasteiger partial charge in [0.1, 0.15) is 0 Å². The van der Waals surface area contributed by atoms with Gasteiger partial charge in [-0.1, -0.05) is 13.8 Å². The third-order valence-electron chi connectivity index (χ3n) is 2.83. The third-order valence-corrected chi connectivity index (χ3v) is 3.76. The maximum atomic E-state index is 11.8. The van der Waals surface area contributed by atoms with Crippen LogP contribution in [0.25, 0.3) is 0 Å². The van der Waals surface area contributed by atoms with Crippen LogP contribution in [0.15, 0.2) is 5.38 Å². The van der Waals surface area contributed by atoms with Crippen LogP contribution in [0.2, 0.25) is 0 Å². The Morgan fingerprint density at radius 3 is 2.53 bits per heavy atom. The van der Waals surface area contributed by atoms with Crippen LogP contribution in [0.3, 0.4) is 0 Å². The van der Waals surface area contributed by atoms with Crippen molar-refractivity contribution < 1.29 is 4.79 Å². The second-order valence-electron chi connectivity index (χ2n) is 4.39. The van der Waals surface area contributed by atoms with Gasteiger partial charge in [0.05, 0.1) is 10.7 Å². The Bertz CT molecular complexity index is 356. The minimum absolute atomic E-state index is 0.233. The number of carbonyl (C=O) groups is 1. The largest absolute Gasteiger partial charge is 0.343 e. The molecule has 4 heteroatoms. The minimum atomic E-state index is 0.233. The molecule has 1 amide bonds. The summed E-state index contributed by atoms with van der Waals surface area (Å²) in [7, 11) is 0. The van der Waals surface area contributed by atoms with Gasteiger partial charge >= 0.3 is 0 Å². The Hall–Kier alpha value is -0.900. The van der Waals surface area contributed by atoms with Gasteiger partial charge in [-0.2, -0.15) is 0 Å². The monoisotopic (exact) mass is 254 g/mol. The lowest BCUT2D eigenvalue weighted by Crippen LogP contribution is -2.30. The SMILES string of the molecule is CCN(CC)C(=O)CCc1nc(C(C)C)cs1. The molecule has 0 N–H and O–H groups in total. The minimum Gasteiger partial charge on any atom is -0.343 e. The molecule has 0 fully saturated rings. The summed E-state index contributed by atoms with van der Waals surface area (Å²) >= 11 is 1.66. The molecule has 0 saturated heterocycles. The lowest BCUT2D eigenvalue weighted by molar-refractivity contribution is -0.130. The van der Waals surface area contributed by atoms with Gasteiger partial charge in [-0.15, -0.1) is 11.3 Å². The molecule has 0 aromatic carbocycles. The molecule has 0 aliphatic rings. The molecule has 0 atom stereocenters. The van der Waals surface area contributed by atoms with Crippen LogP contribution in [-0.2, 0) is 11.2 Å². The van der Waals surface area contributed by atoms with Crippen LogP contribution in [0.1, 0.15) is 50.7 Å². The maximum Gasteiger partial charge on any atom is 0.222 e.